The van der Waals surface area contributed by atoms with Crippen molar-refractivity contribution in [2.45, 2.75) is 38.3 Å². The summed E-state index contributed by atoms with van der Waals surface area (Å²) in [5, 5.41) is 0. The van der Waals surface area contributed by atoms with E-state index in [0.717, 1.165) is 24.4 Å². The minimum atomic E-state index is 0.0125. The van der Waals surface area contributed by atoms with Gasteiger partial charge in [0.2, 0.25) is 0 Å². The molecule has 0 saturated carbocycles. The Balaban J connectivity index is 2.10. The van der Waals surface area contributed by atoms with Gasteiger partial charge in [0, 0.05) is 23.7 Å². The van der Waals surface area contributed by atoms with Crippen LogP contribution in [0.2, 0.25) is 0 Å². The molecule has 0 amide bonds. The molecule has 1 unspecified atom stereocenters. The first kappa shape index (κ1) is 13.4. The summed E-state index contributed by atoms with van der Waals surface area (Å²) in [6.45, 7) is 6.65. The minimum absolute atomic E-state index is 0.0125. The first-order valence-corrected chi connectivity index (χ1v) is 6.68. The zero-order valence-electron chi connectivity index (χ0n) is 11.6. The summed E-state index contributed by atoms with van der Waals surface area (Å²) in [4.78, 5) is 2.49. The average molecular weight is 248 g/mol. The molecule has 18 heavy (non-hydrogen) atoms. The normalized spacial score (nSPS) is 20.9. The molecule has 2 rings (SSSR count). The number of hydrogen-bond acceptors (Lipinski definition) is 3. The van der Waals surface area contributed by atoms with Crippen LogP contribution in [-0.2, 0) is 0 Å². The highest BCUT2D eigenvalue weighted by atomic mass is 16.5. The monoisotopic (exact) mass is 248 g/mol. The van der Waals surface area contributed by atoms with Crippen molar-refractivity contribution in [2.24, 2.45) is 5.73 Å². The first-order valence-electron chi connectivity index (χ1n) is 6.68. The lowest BCUT2D eigenvalue weighted by molar-refractivity contribution is 0.164. The Kier molecular flexibility index (Phi) is 3.93. The third-order valence-corrected chi connectivity index (χ3v) is 4.03. The van der Waals surface area contributed by atoms with Crippen molar-refractivity contribution in [1.82, 2.24) is 4.90 Å². The Hall–Kier alpha value is -1.06. The van der Waals surface area contributed by atoms with Crippen LogP contribution in [0.25, 0.3) is 0 Å². The molecule has 0 aliphatic carbocycles. The van der Waals surface area contributed by atoms with Crippen LogP contribution in [0.1, 0.15) is 38.3 Å². The molecule has 0 aromatic heterocycles. The highest BCUT2D eigenvalue weighted by Gasteiger charge is 2.33. The topological polar surface area (TPSA) is 38.5 Å². The molecule has 1 fully saturated rings. The molecular formula is C15H24N2O. The number of nitrogens with zero attached hydrogens (tertiary/aromatic N) is 1. The van der Waals surface area contributed by atoms with Gasteiger partial charge in [0.25, 0.3) is 0 Å². The highest BCUT2D eigenvalue weighted by Crippen LogP contribution is 2.31. The quantitative estimate of drug-likeness (QED) is 0.890. The summed E-state index contributed by atoms with van der Waals surface area (Å²) < 4.78 is 5.38. The lowest BCUT2D eigenvalue weighted by atomic mass is 10.00. The van der Waals surface area contributed by atoms with E-state index < -0.39 is 0 Å². The largest absolute Gasteiger partial charge is 0.496 e. The van der Waals surface area contributed by atoms with Gasteiger partial charge in [-0.1, -0.05) is 18.2 Å². The molecule has 1 aromatic carbocycles. The molecule has 0 bridgehead atoms. The van der Waals surface area contributed by atoms with Crippen LogP contribution in [0, 0.1) is 0 Å². The second-order valence-electron chi connectivity index (χ2n) is 5.71. The van der Waals surface area contributed by atoms with Crippen molar-refractivity contribution in [3.05, 3.63) is 29.8 Å². The fourth-order valence-electron chi connectivity index (χ4n) is 2.81. The highest BCUT2D eigenvalue weighted by molar-refractivity contribution is 5.35. The van der Waals surface area contributed by atoms with Crippen LogP contribution >= 0.6 is 0 Å². The van der Waals surface area contributed by atoms with E-state index >= 15 is 0 Å². The Morgan fingerprint density at radius 1 is 1.39 bits per heavy atom. The molecule has 1 aromatic rings. The summed E-state index contributed by atoms with van der Waals surface area (Å²) in [6.07, 6.45) is 2.53. The molecule has 1 aliphatic rings. The number of ether oxygens (including phenoxy) is 1. The third-order valence-electron chi connectivity index (χ3n) is 4.03. The van der Waals surface area contributed by atoms with Gasteiger partial charge >= 0.3 is 0 Å². The standard InChI is InChI=1S/C15H24N2O/c1-15(2)9-6-10-17(15)11-13(16)12-7-4-5-8-14(12)18-3/h4-5,7-8,13H,6,9-11,16H2,1-3H3. The van der Waals surface area contributed by atoms with E-state index in [4.69, 9.17) is 10.5 Å². The predicted octanol–water partition coefficient (Wildman–Crippen LogP) is 2.57. The van der Waals surface area contributed by atoms with Gasteiger partial charge in [-0.2, -0.15) is 0 Å². The maximum Gasteiger partial charge on any atom is 0.123 e. The molecule has 2 N–H and O–H groups in total. The Morgan fingerprint density at radius 2 is 2.11 bits per heavy atom. The van der Waals surface area contributed by atoms with Crippen molar-refractivity contribution >= 4 is 0 Å². The van der Waals surface area contributed by atoms with E-state index in [0.29, 0.717) is 0 Å². The molecule has 1 aliphatic heterocycles. The number of benzene rings is 1. The van der Waals surface area contributed by atoms with Crippen LogP contribution in [0.15, 0.2) is 24.3 Å². The third kappa shape index (κ3) is 2.68. The number of methoxy groups -OCH3 is 1. The second-order valence-corrected chi connectivity index (χ2v) is 5.71. The molecule has 3 heteroatoms. The summed E-state index contributed by atoms with van der Waals surface area (Å²) in [5.74, 6) is 0.891. The molecule has 100 valence electrons. The van der Waals surface area contributed by atoms with Crippen LogP contribution in [0.5, 0.6) is 5.75 Å². The zero-order chi connectivity index (χ0) is 13.2. The van der Waals surface area contributed by atoms with Gasteiger partial charge in [0.05, 0.1) is 7.11 Å². The lowest BCUT2D eigenvalue weighted by Crippen LogP contribution is -2.42. The predicted molar refractivity (Wildman–Crippen MR) is 74.8 cm³/mol. The molecular weight excluding hydrogens is 224 g/mol. The van der Waals surface area contributed by atoms with Gasteiger partial charge in [-0.05, 0) is 39.3 Å². The smallest absolute Gasteiger partial charge is 0.123 e. The van der Waals surface area contributed by atoms with Crippen molar-refractivity contribution < 1.29 is 4.74 Å². The van der Waals surface area contributed by atoms with Gasteiger partial charge in [-0.3, -0.25) is 4.90 Å². The summed E-state index contributed by atoms with van der Waals surface area (Å²) >= 11 is 0. The van der Waals surface area contributed by atoms with Crippen LogP contribution < -0.4 is 10.5 Å². The van der Waals surface area contributed by atoms with Crippen LogP contribution in [-0.4, -0.2) is 30.6 Å². The van der Waals surface area contributed by atoms with E-state index in [1.165, 1.54) is 12.8 Å². The Bertz CT molecular complexity index is 403. The fraction of sp³-hybridized carbons (Fsp3) is 0.600. The Morgan fingerprint density at radius 3 is 2.72 bits per heavy atom. The van der Waals surface area contributed by atoms with Crippen molar-refractivity contribution in [1.29, 1.82) is 0 Å². The van der Waals surface area contributed by atoms with Crippen LogP contribution in [0.4, 0.5) is 0 Å². The maximum atomic E-state index is 6.35. The van der Waals surface area contributed by atoms with E-state index in [2.05, 4.69) is 24.8 Å². The van der Waals surface area contributed by atoms with E-state index in [1.54, 1.807) is 7.11 Å². The van der Waals surface area contributed by atoms with E-state index in [9.17, 15) is 0 Å². The van der Waals surface area contributed by atoms with Gasteiger partial charge < -0.3 is 10.5 Å². The van der Waals surface area contributed by atoms with Gasteiger partial charge in [-0.25, -0.2) is 0 Å². The molecule has 1 saturated heterocycles. The van der Waals surface area contributed by atoms with E-state index in [-0.39, 0.29) is 11.6 Å². The SMILES string of the molecule is COc1ccccc1C(N)CN1CCCC1(C)C. The van der Waals surface area contributed by atoms with Gasteiger partial charge in [-0.15, -0.1) is 0 Å². The number of para-hydroxylation sites is 1. The summed E-state index contributed by atoms with van der Waals surface area (Å²) in [6, 6.07) is 8.05. The average Bonchev–Trinajstić information content (AvgIpc) is 2.68. The lowest BCUT2D eigenvalue weighted by Gasteiger charge is -2.33. The minimum Gasteiger partial charge on any atom is -0.496 e. The van der Waals surface area contributed by atoms with Crippen molar-refractivity contribution in [3.63, 3.8) is 0 Å². The molecule has 1 heterocycles. The maximum absolute atomic E-state index is 6.35. The molecule has 1 atom stereocenters. The van der Waals surface area contributed by atoms with Crippen molar-refractivity contribution in [3.8, 4) is 5.75 Å². The number of likely N-dealkylation sites (tertiary alicyclic amines) is 1. The second kappa shape index (κ2) is 5.29. The van der Waals surface area contributed by atoms with E-state index in [1.807, 2.05) is 18.2 Å². The molecule has 0 radical (unpaired) electrons. The van der Waals surface area contributed by atoms with Crippen LogP contribution in [0.3, 0.4) is 0 Å². The molecule has 0 spiro atoms. The van der Waals surface area contributed by atoms with Gasteiger partial charge in [0.15, 0.2) is 0 Å². The Labute approximate surface area is 110 Å². The van der Waals surface area contributed by atoms with Crippen molar-refractivity contribution in [2.75, 3.05) is 20.2 Å². The fourth-order valence-corrected chi connectivity index (χ4v) is 2.81. The summed E-state index contributed by atoms with van der Waals surface area (Å²) in [5.41, 5.74) is 7.73. The van der Waals surface area contributed by atoms with Gasteiger partial charge in [0.1, 0.15) is 5.75 Å². The zero-order valence-corrected chi connectivity index (χ0v) is 11.6. The summed E-state index contributed by atoms with van der Waals surface area (Å²) in [7, 11) is 1.70. The molecule has 3 nitrogen and oxygen atoms in total. The number of nitrogens with two attached hydrogens (primary N) is 1. The number of hydrogen-bond donors (Lipinski definition) is 1. The number of rotatable bonds is 4. The first-order chi connectivity index (χ1) is 8.54.